The minimum Gasteiger partial charge on any atom is -0.444 e. The highest BCUT2D eigenvalue weighted by Gasteiger charge is 2.19. The van der Waals surface area contributed by atoms with Gasteiger partial charge in [-0.05, 0) is 66.9 Å². The lowest BCUT2D eigenvalue weighted by atomic mass is 10.2. The van der Waals surface area contributed by atoms with E-state index in [-0.39, 0.29) is 6.54 Å². The summed E-state index contributed by atoms with van der Waals surface area (Å²) in [5, 5.41) is 5.54. The molecule has 2 aromatic rings. The van der Waals surface area contributed by atoms with E-state index in [1.165, 1.54) is 0 Å². The van der Waals surface area contributed by atoms with E-state index >= 15 is 0 Å². The van der Waals surface area contributed by atoms with Crippen molar-refractivity contribution in [3.8, 4) is 11.8 Å². The largest absolute Gasteiger partial charge is 0.444 e. The fraction of sp³-hybridized carbons (Fsp3) is 0.286. The Hall–Kier alpha value is -2.85. The number of aromatic nitrogens is 1. The Labute approximate surface area is 173 Å². The fourth-order valence-electron chi connectivity index (χ4n) is 2.09. The quantitative estimate of drug-likeness (QED) is 0.543. The normalized spacial score (nSPS) is 11.6. The maximum Gasteiger partial charge on any atom is 0.408 e. The van der Waals surface area contributed by atoms with Crippen LogP contribution < -0.4 is 10.6 Å². The third-order valence-electron chi connectivity index (χ3n) is 3.31. The van der Waals surface area contributed by atoms with Gasteiger partial charge in [0.2, 0.25) is 0 Å². The monoisotopic (exact) mass is 443 g/mol. The van der Waals surface area contributed by atoms with Gasteiger partial charge in [0.1, 0.15) is 29.4 Å². The second-order valence-electron chi connectivity index (χ2n) is 6.91. The summed E-state index contributed by atoms with van der Waals surface area (Å²) in [6.45, 7) is 5.43. The molecule has 0 spiro atoms. The predicted molar refractivity (Wildman–Crippen MR) is 112 cm³/mol. The van der Waals surface area contributed by atoms with Gasteiger partial charge >= 0.3 is 6.09 Å². The first-order valence-electron chi connectivity index (χ1n) is 8.69. The summed E-state index contributed by atoms with van der Waals surface area (Å²) >= 11 is 3.44. The molecular weight excluding hydrogens is 422 g/mol. The van der Waals surface area contributed by atoms with Crippen LogP contribution in [-0.4, -0.2) is 35.6 Å². The second-order valence-corrected chi connectivity index (χ2v) is 7.77. The van der Waals surface area contributed by atoms with E-state index in [1.807, 2.05) is 36.4 Å². The molecule has 28 heavy (non-hydrogen) atoms. The van der Waals surface area contributed by atoms with Gasteiger partial charge in [-0.1, -0.05) is 24.1 Å². The average molecular weight is 444 g/mol. The van der Waals surface area contributed by atoms with Crippen molar-refractivity contribution in [2.75, 3.05) is 11.9 Å². The molecule has 1 aromatic carbocycles. The lowest BCUT2D eigenvalue weighted by Gasteiger charge is -2.21. The molecule has 0 fully saturated rings. The Morgan fingerprint density at radius 1 is 1.21 bits per heavy atom. The Bertz CT molecular complexity index is 883. The summed E-state index contributed by atoms with van der Waals surface area (Å²) in [4.78, 5) is 27.5. The molecule has 1 aromatic heterocycles. The number of rotatable bonds is 5. The Morgan fingerprint density at radius 2 is 1.93 bits per heavy atom. The van der Waals surface area contributed by atoms with E-state index in [9.17, 15) is 9.59 Å². The summed E-state index contributed by atoms with van der Waals surface area (Å²) in [5.74, 6) is 6.61. The zero-order valence-electron chi connectivity index (χ0n) is 16.0. The number of anilines is 1. The number of hydrogen-bond donors (Lipinski definition) is 2. The Kier molecular flexibility index (Phi) is 7.59. The lowest BCUT2D eigenvalue weighted by molar-refractivity contribution is -0.109. The minimum absolute atomic E-state index is 0.170. The van der Waals surface area contributed by atoms with Crippen molar-refractivity contribution in [1.29, 1.82) is 0 Å². The zero-order valence-corrected chi connectivity index (χ0v) is 17.5. The van der Waals surface area contributed by atoms with E-state index in [4.69, 9.17) is 4.74 Å². The highest BCUT2D eigenvalue weighted by molar-refractivity contribution is 9.10. The topological polar surface area (TPSA) is 80.3 Å². The van der Waals surface area contributed by atoms with Crippen LogP contribution in [0, 0.1) is 11.8 Å². The van der Waals surface area contributed by atoms with Crippen LogP contribution in [0.1, 0.15) is 32.0 Å². The third-order valence-corrected chi connectivity index (χ3v) is 3.95. The highest BCUT2D eigenvalue weighted by Crippen LogP contribution is 2.17. The molecule has 0 aliphatic carbocycles. The summed E-state index contributed by atoms with van der Waals surface area (Å²) < 4.78 is 5.92. The number of benzene rings is 1. The van der Waals surface area contributed by atoms with Crippen molar-refractivity contribution >= 4 is 34.1 Å². The molecule has 0 radical (unpaired) electrons. The van der Waals surface area contributed by atoms with Crippen molar-refractivity contribution in [2.45, 2.75) is 32.4 Å². The van der Waals surface area contributed by atoms with E-state index in [0.29, 0.717) is 17.8 Å². The molecule has 7 heteroatoms. The molecular formula is C21H22BrN3O3. The molecule has 0 aliphatic heterocycles. The first-order chi connectivity index (χ1) is 13.3. The molecule has 1 amide bonds. The van der Waals surface area contributed by atoms with Gasteiger partial charge in [-0.25, -0.2) is 9.78 Å². The number of halogens is 1. The molecule has 0 saturated carbocycles. The van der Waals surface area contributed by atoms with Crippen molar-refractivity contribution in [1.82, 2.24) is 10.3 Å². The van der Waals surface area contributed by atoms with Crippen LogP contribution in [0.5, 0.6) is 0 Å². The van der Waals surface area contributed by atoms with Crippen molar-refractivity contribution in [2.24, 2.45) is 0 Å². The van der Waals surface area contributed by atoms with Crippen LogP contribution in [0.4, 0.5) is 10.6 Å². The number of hydrogen-bond acceptors (Lipinski definition) is 5. The van der Waals surface area contributed by atoms with Gasteiger partial charge in [-0.3, -0.25) is 0 Å². The fourth-order valence-corrected chi connectivity index (χ4v) is 2.41. The first kappa shape index (κ1) is 21.5. The molecule has 6 nitrogen and oxygen atoms in total. The second kappa shape index (κ2) is 9.90. The van der Waals surface area contributed by atoms with Gasteiger partial charge in [0.15, 0.2) is 0 Å². The maximum absolute atomic E-state index is 11.8. The number of amides is 1. The number of carbonyl (C=O) groups excluding carboxylic acids is 2. The van der Waals surface area contributed by atoms with Crippen LogP contribution >= 0.6 is 15.9 Å². The molecule has 1 unspecified atom stereocenters. The number of aldehydes is 1. The molecule has 146 valence electrons. The standard InChI is InChI=1S/C21H22BrN3O3/c1-21(2,3)28-20(27)24-16(14-26)13-23-19-12-10-17(22)18(25-19)11-9-15-7-5-4-6-8-15/h4-8,10,12,14,16H,13H2,1-3H3,(H,23,25)(H,24,27). The SMILES string of the molecule is CC(C)(C)OC(=O)NC(C=O)CNc1ccc(Br)c(C#Cc2ccccc2)n1. The Balaban J connectivity index is 2.01. The molecule has 1 heterocycles. The third kappa shape index (κ3) is 7.41. The van der Waals surface area contributed by atoms with Crippen molar-refractivity contribution in [3.63, 3.8) is 0 Å². The maximum atomic E-state index is 11.8. The van der Waals surface area contributed by atoms with Gasteiger partial charge in [0, 0.05) is 12.1 Å². The minimum atomic E-state index is -0.751. The van der Waals surface area contributed by atoms with Crippen molar-refractivity contribution in [3.05, 3.63) is 58.2 Å². The molecule has 0 bridgehead atoms. The predicted octanol–water partition coefficient (Wildman–Crippen LogP) is 3.75. The number of pyridine rings is 1. The summed E-state index contributed by atoms with van der Waals surface area (Å²) in [6, 6.07) is 12.4. The molecule has 0 aliphatic rings. The summed E-state index contributed by atoms with van der Waals surface area (Å²) in [5.41, 5.74) is 0.818. The summed E-state index contributed by atoms with van der Waals surface area (Å²) in [6.07, 6.45) is -0.00380. The highest BCUT2D eigenvalue weighted by atomic mass is 79.9. The average Bonchev–Trinajstić information content (AvgIpc) is 2.64. The lowest BCUT2D eigenvalue weighted by Crippen LogP contribution is -2.43. The van der Waals surface area contributed by atoms with Crippen molar-refractivity contribution < 1.29 is 14.3 Å². The van der Waals surface area contributed by atoms with Crippen LogP contribution in [0.25, 0.3) is 0 Å². The van der Waals surface area contributed by atoms with Crippen LogP contribution in [0.2, 0.25) is 0 Å². The number of alkyl carbamates (subject to hydrolysis) is 1. The number of carbonyl (C=O) groups is 2. The van der Waals surface area contributed by atoms with Gasteiger partial charge < -0.3 is 20.2 Å². The number of nitrogens with zero attached hydrogens (tertiary/aromatic N) is 1. The van der Waals surface area contributed by atoms with E-state index in [1.54, 1.807) is 26.8 Å². The van der Waals surface area contributed by atoms with Crippen LogP contribution in [0.15, 0.2) is 46.9 Å². The number of nitrogens with one attached hydrogen (secondary N) is 2. The molecule has 2 N–H and O–H groups in total. The van der Waals surface area contributed by atoms with E-state index in [2.05, 4.69) is 43.4 Å². The van der Waals surface area contributed by atoms with E-state index in [0.717, 1.165) is 10.0 Å². The molecule has 0 saturated heterocycles. The molecule has 1 atom stereocenters. The van der Waals surface area contributed by atoms with Gasteiger partial charge in [0.05, 0.1) is 4.47 Å². The smallest absolute Gasteiger partial charge is 0.408 e. The van der Waals surface area contributed by atoms with E-state index < -0.39 is 17.7 Å². The van der Waals surface area contributed by atoms with Crippen LogP contribution in [0.3, 0.4) is 0 Å². The molecule has 2 rings (SSSR count). The zero-order chi connectivity index (χ0) is 20.6. The number of ether oxygens (including phenoxy) is 1. The van der Waals surface area contributed by atoms with Gasteiger partial charge in [-0.15, -0.1) is 0 Å². The first-order valence-corrected chi connectivity index (χ1v) is 9.48. The summed E-state index contributed by atoms with van der Waals surface area (Å²) in [7, 11) is 0. The van der Waals surface area contributed by atoms with Gasteiger partial charge in [0.25, 0.3) is 0 Å². The van der Waals surface area contributed by atoms with Crippen LogP contribution in [-0.2, 0) is 9.53 Å². The van der Waals surface area contributed by atoms with Gasteiger partial charge in [-0.2, -0.15) is 0 Å². The Morgan fingerprint density at radius 3 is 2.57 bits per heavy atom.